The summed E-state index contributed by atoms with van der Waals surface area (Å²) in [4.78, 5) is 0. The second-order valence-electron chi connectivity index (χ2n) is 4.39. The first kappa shape index (κ1) is 9.21. The number of nitrogens with zero attached hydrogens (tertiary/aromatic N) is 2. The lowest BCUT2D eigenvalue weighted by Gasteiger charge is -2.20. The van der Waals surface area contributed by atoms with Crippen LogP contribution in [0.3, 0.4) is 0 Å². The minimum absolute atomic E-state index is 0.400. The van der Waals surface area contributed by atoms with Crippen molar-refractivity contribution in [3.8, 4) is 5.75 Å². The van der Waals surface area contributed by atoms with Crippen LogP contribution in [0, 0.1) is 0 Å². The number of hydrogen-bond donors (Lipinski definition) is 1. The van der Waals surface area contributed by atoms with E-state index in [1.54, 1.807) is 0 Å². The van der Waals surface area contributed by atoms with Crippen molar-refractivity contribution in [2.24, 2.45) is 0 Å². The minimum atomic E-state index is 0.400. The lowest BCUT2D eigenvalue weighted by atomic mass is 9.95. The number of rotatable bonds is 1. The molecule has 1 fully saturated rings. The van der Waals surface area contributed by atoms with Gasteiger partial charge in [-0.3, -0.25) is 4.68 Å². The Bertz CT molecular complexity index is 367. The number of ether oxygens (including phenoxy) is 1. The van der Waals surface area contributed by atoms with Crippen molar-refractivity contribution < 1.29 is 9.84 Å². The lowest BCUT2D eigenvalue weighted by molar-refractivity contribution is 0.0838. The van der Waals surface area contributed by atoms with Crippen LogP contribution in [-0.4, -0.2) is 28.1 Å². The van der Waals surface area contributed by atoms with E-state index >= 15 is 0 Å². The second-order valence-corrected chi connectivity index (χ2v) is 4.39. The highest BCUT2D eigenvalue weighted by molar-refractivity contribution is 5.36. The Hall–Kier alpha value is -1.03. The van der Waals surface area contributed by atoms with Crippen molar-refractivity contribution in [3.63, 3.8) is 0 Å². The Morgan fingerprint density at radius 1 is 1.33 bits per heavy atom. The van der Waals surface area contributed by atoms with E-state index in [0.717, 1.165) is 56.8 Å². The maximum absolute atomic E-state index is 10.1. The van der Waals surface area contributed by atoms with Crippen LogP contribution in [0.5, 0.6) is 5.75 Å². The normalized spacial score (nSPS) is 21.9. The van der Waals surface area contributed by atoms with Gasteiger partial charge < -0.3 is 9.84 Å². The van der Waals surface area contributed by atoms with Crippen molar-refractivity contribution in [2.45, 2.75) is 38.1 Å². The van der Waals surface area contributed by atoms with Gasteiger partial charge in [0.05, 0.1) is 5.69 Å². The summed E-state index contributed by atoms with van der Waals surface area (Å²) >= 11 is 0. The summed E-state index contributed by atoms with van der Waals surface area (Å²) < 4.78 is 7.29. The second kappa shape index (κ2) is 3.52. The first-order valence-corrected chi connectivity index (χ1v) is 5.72. The van der Waals surface area contributed by atoms with Crippen molar-refractivity contribution >= 4 is 0 Å². The van der Waals surface area contributed by atoms with Gasteiger partial charge in [-0.15, -0.1) is 0 Å². The third-order valence-electron chi connectivity index (χ3n) is 3.45. The van der Waals surface area contributed by atoms with Crippen LogP contribution in [0.2, 0.25) is 0 Å². The predicted octanol–water partition coefficient (Wildman–Crippen LogP) is 1.43. The molecular weight excluding hydrogens is 192 g/mol. The molecule has 0 aromatic carbocycles. The maximum atomic E-state index is 10.1. The van der Waals surface area contributed by atoms with Crippen LogP contribution in [0.25, 0.3) is 0 Å². The van der Waals surface area contributed by atoms with Crippen molar-refractivity contribution in [2.75, 3.05) is 13.2 Å². The molecule has 0 spiro atoms. The smallest absolute Gasteiger partial charge is 0.160 e. The molecule has 3 heterocycles. The fourth-order valence-electron chi connectivity index (χ4n) is 2.58. The molecule has 0 bridgehead atoms. The molecule has 0 atom stereocenters. The SMILES string of the molecule is Oc1c(C2CCOCC2)nn2c1CCC2. The summed E-state index contributed by atoms with van der Waals surface area (Å²) in [6.45, 7) is 2.56. The monoisotopic (exact) mass is 208 g/mol. The molecule has 1 saturated heterocycles. The van der Waals surface area contributed by atoms with Gasteiger partial charge in [0.25, 0.3) is 0 Å². The molecule has 2 aliphatic heterocycles. The van der Waals surface area contributed by atoms with E-state index in [0.29, 0.717) is 11.7 Å². The molecule has 4 heteroatoms. The molecule has 2 aliphatic rings. The highest BCUT2D eigenvalue weighted by Gasteiger charge is 2.27. The Balaban J connectivity index is 1.91. The number of hydrogen-bond acceptors (Lipinski definition) is 3. The van der Waals surface area contributed by atoms with Crippen LogP contribution in [-0.2, 0) is 17.7 Å². The summed E-state index contributed by atoms with van der Waals surface area (Å²) in [6.07, 6.45) is 4.07. The molecule has 15 heavy (non-hydrogen) atoms. The largest absolute Gasteiger partial charge is 0.504 e. The van der Waals surface area contributed by atoms with Gasteiger partial charge >= 0.3 is 0 Å². The number of aryl methyl sites for hydroxylation is 1. The van der Waals surface area contributed by atoms with Crippen molar-refractivity contribution in [3.05, 3.63) is 11.4 Å². The highest BCUT2D eigenvalue weighted by atomic mass is 16.5. The summed E-state index contributed by atoms with van der Waals surface area (Å²) in [7, 11) is 0. The molecule has 0 saturated carbocycles. The van der Waals surface area contributed by atoms with Gasteiger partial charge in [-0.05, 0) is 25.7 Å². The molecule has 4 nitrogen and oxygen atoms in total. The molecule has 0 aliphatic carbocycles. The summed E-state index contributed by atoms with van der Waals surface area (Å²) in [5, 5.41) is 14.6. The molecule has 0 radical (unpaired) electrons. The van der Waals surface area contributed by atoms with Crippen LogP contribution in [0.4, 0.5) is 0 Å². The van der Waals surface area contributed by atoms with Gasteiger partial charge in [-0.25, -0.2) is 0 Å². The zero-order valence-corrected chi connectivity index (χ0v) is 8.78. The van der Waals surface area contributed by atoms with Gasteiger partial charge in [-0.1, -0.05) is 0 Å². The molecule has 82 valence electrons. The van der Waals surface area contributed by atoms with E-state index < -0.39 is 0 Å². The van der Waals surface area contributed by atoms with Gasteiger partial charge in [0.15, 0.2) is 5.75 Å². The quantitative estimate of drug-likeness (QED) is 0.759. The molecule has 0 unspecified atom stereocenters. The minimum Gasteiger partial charge on any atom is -0.504 e. The van der Waals surface area contributed by atoms with Crippen molar-refractivity contribution in [1.29, 1.82) is 0 Å². The Morgan fingerprint density at radius 3 is 2.87 bits per heavy atom. The molecule has 3 rings (SSSR count). The standard InChI is InChI=1S/C11H16N2O2/c14-11-9-2-1-5-13(9)12-10(11)8-3-6-15-7-4-8/h8,14H,1-7H2. The van der Waals surface area contributed by atoms with E-state index in [2.05, 4.69) is 5.10 Å². The average Bonchev–Trinajstić information content (AvgIpc) is 2.83. The first-order valence-electron chi connectivity index (χ1n) is 5.72. The van der Waals surface area contributed by atoms with Crippen LogP contribution < -0.4 is 0 Å². The first-order chi connectivity index (χ1) is 7.36. The van der Waals surface area contributed by atoms with Crippen molar-refractivity contribution in [1.82, 2.24) is 9.78 Å². The molecule has 1 aromatic rings. The molecule has 0 amide bonds. The third-order valence-corrected chi connectivity index (χ3v) is 3.45. The van der Waals surface area contributed by atoms with Gasteiger partial charge in [-0.2, -0.15) is 5.10 Å². The number of aromatic nitrogens is 2. The lowest BCUT2D eigenvalue weighted by Crippen LogP contribution is -2.15. The Kier molecular flexibility index (Phi) is 2.16. The number of aromatic hydroxyl groups is 1. The predicted molar refractivity (Wildman–Crippen MR) is 55.0 cm³/mol. The van der Waals surface area contributed by atoms with E-state index in [4.69, 9.17) is 4.74 Å². The van der Waals surface area contributed by atoms with Crippen LogP contribution in [0.15, 0.2) is 0 Å². The summed E-state index contributed by atoms with van der Waals surface area (Å²) in [6, 6.07) is 0. The maximum Gasteiger partial charge on any atom is 0.160 e. The Labute approximate surface area is 88.9 Å². The fraction of sp³-hybridized carbons (Fsp3) is 0.727. The van der Waals surface area contributed by atoms with E-state index in [1.807, 2.05) is 4.68 Å². The summed E-state index contributed by atoms with van der Waals surface area (Å²) in [5.74, 6) is 0.858. The fourth-order valence-corrected chi connectivity index (χ4v) is 2.58. The number of fused-ring (bicyclic) bond motifs is 1. The van der Waals surface area contributed by atoms with Crippen LogP contribution >= 0.6 is 0 Å². The molecule has 1 aromatic heterocycles. The highest BCUT2D eigenvalue weighted by Crippen LogP contribution is 2.36. The van der Waals surface area contributed by atoms with Crippen LogP contribution in [0.1, 0.15) is 36.6 Å². The zero-order chi connectivity index (χ0) is 10.3. The molecular formula is C11H16N2O2. The van der Waals surface area contributed by atoms with Gasteiger partial charge in [0.2, 0.25) is 0 Å². The summed E-state index contributed by atoms with van der Waals surface area (Å²) in [5.41, 5.74) is 1.95. The van der Waals surface area contributed by atoms with Gasteiger partial charge in [0, 0.05) is 25.7 Å². The van der Waals surface area contributed by atoms with E-state index in [-0.39, 0.29) is 0 Å². The zero-order valence-electron chi connectivity index (χ0n) is 8.78. The topological polar surface area (TPSA) is 47.3 Å². The third kappa shape index (κ3) is 1.44. The molecule has 1 N–H and O–H groups in total. The van der Waals surface area contributed by atoms with E-state index in [9.17, 15) is 5.11 Å². The average molecular weight is 208 g/mol. The van der Waals surface area contributed by atoms with Gasteiger partial charge in [0.1, 0.15) is 5.69 Å². The Morgan fingerprint density at radius 2 is 2.13 bits per heavy atom. The van der Waals surface area contributed by atoms with E-state index in [1.165, 1.54) is 0 Å².